The van der Waals surface area contributed by atoms with Crippen molar-refractivity contribution in [3.05, 3.63) is 27.8 Å². The first kappa shape index (κ1) is 13.7. The number of halogens is 1. The summed E-state index contributed by atoms with van der Waals surface area (Å²) in [7, 11) is 1.89. The molecule has 0 unspecified atom stereocenters. The predicted molar refractivity (Wildman–Crippen MR) is 72.4 cm³/mol. The molecule has 0 radical (unpaired) electrons. The van der Waals surface area contributed by atoms with Gasteiger partial charge in [0.2, 0.25) is 0 Å². The number of nitrogens with one attached hydrogen (secondary N) is 1. The first-order valence-electron chi connectivity index (χ1n) is 5.16. The third-order valence-electron chi connectivity index (χ3n) is 2.00. The second-order valence-electron chi connectivity index (χ2n) is 3.36. The molecule has 0 saturated heterocycles. The highest BCUT2D eigenvalue weighted by Gasteiger charge is 1.96. The average molecular weight is 336 g/mol. The molecule has 0 aliphatic rings. The summed E-state index contributed by atoms with van der Waals surface area (Å²) >= 11 is 2.26. The topological polar surface area (TPSA) is 44.7 Å². The van der Waals surface area contributed by atoms with Gasteiger partial charge in [-0.2, -0.15) is 0 Å². The number of hydrogen-bond donors (Lipinski definition) is 2. The van der Waals surface area contributed by atoms with Crippen molar-refractivity contribution in [2.45, 2.75) is 0 Å². The van der Waals surface area contributed by atoms with Crippen molar-refractivity contribution >= 4 is 22.6 Å². The van der Waals surface area contributed by atoms with Crippen LogP contribution < -0.4 is 10.2 Å². The van der Waals surface area contributed by atoms with E-state index in [0.29, 0.717) is 13.2 Å². The maximum Gasteiger partial charge on any atom is 0.119 e. The molecule has 0 heterocycles. The lowest BCUT2D eigenvalue weighted by Crippen LogP contribution is -2.38. The van der Waals surface area contributed by atoms with E-state index in [2.05, 4.69) is 28.0 Å². The van der Waals surface area contributed by atoms with Crippen LogP contribution in [0.15, 0.2) is 24.3 Å². The molecule has 4 nitrogen and oxygen atoms in total. The van der Waals surface area contributed by atoms with Crippen molar-refractivity contribution in [2.24, 2.45) is 0 Å². The van der Waals surface area contributed by atoms with Gasteiger partial charge < -0.3 is 9.84 Å². The second kappa shape index (κ2) is 7.83. The minimum Gasteiger partial charge on any atom is -0.492 e. The molecule has 0 aromatic heterocycles. The van der Waals surface area contributed by atoms with E-state index in [1.54, 1.807) is 0 Å². The highest BCUT2D eigenvalue weighted by molar-refractivity contribution is 14.1. The number of nitrogens with zero attached hydrogens (tertiary/aromatic N) is 1. The van der Waals surface area contributed by atoms with Gasteiger partial charge in [-0.25, -0.2) is 5.01 Å². The largest absolute Gasteiger partial charge is 0.492 e. The molecule has 0 atom stereocenters. The Bertz CT molecular complexity index is 293. The van der Waals surface area contributed by atoms with Gasteiger partial charge >= 0.3 is 0 Å². The van der Waals surface area contributed by atoms with E-state index in [0.717, 1.165) is 12.3 Å². The Morgan fingerprint density at radius 3 is 2.69 bits per heavy atom. The van der Waals surface area contributed by atoms with E-state index in [9.17, 15) is 0 Å². The minimum absolute atomic E-state index is 0.154. The molecular weight excluding hydrogens is 319 g/mol. The van der Waals surface area contributed by atoms with Gasteiger partial charge in [-0.05, 0) is 46.9 Å². The number of hydrazine groups is 1. The lowest BCUT2D eigenvalue weighted by Gasteiger charge is -2.16. The van der Waals surface area contributed by atoms with Gasteiger partial charge in [-0.15, -0.1) is 0 Å². The first-order chi connectivity index (χ1) is 7.72. The van der Waals surface area contributed by atoms with Crippen LogP contribution >= 0.6 is 22.6 Å². The van der Waals surface area contributed by atoms with Gasteiger partial charge in [0, 0.05) is 23.7 Å². The Balaban J connectivity index is 2.13. The van der Waals surface area contributed by atoms with Crippen LogP contribution in [-0.2, 0) is 0 Å². The standard InChI is InChI=1S/C11H17IN2O2/c1-14(7-8-15)13-6-9-16-11-4-2-10(12)3-5-11/h2-5,13,15H,6-9H2,1H3. The van der Waals surface area contributed by atoms with E-state index < -0.39 is 0 Å². The Morgan fingerprint density at radius 1 is 1.38 bits per heavy atom. The number of likely N-dealkylation sites (N-methyl/N-ethyl adjacent to an activating group) is 1. The third kappa shape index (κ3) is 5.64. The summed E-state index contributed by atoms with van der Waals surface area (Å²) in [4.78, 5) is 0. The quantitative estimate of drug-likeness (QED) is 0.445. The molecule has 2 N–H and O–H groups in total. The van der Waals surface area contributed by atoms with Crippen LogP contribution in [0.25, 0.3) is 0 Å². The fourth-order valence-corrected chi connectivity index (χ4v) is 1.52. The molecule has 0 aliphatic heterocycles. The number of rotatable bonds is 7. The van der Waals surface area contributed by atoms with Gasteiger partial charge in [-0.1, -0.05) is 0 Å². The van der Waals surface area contributed by atoms with Crippen molar-refractivity contribution in [2.75, 3.05) is 33.4 Å². The van der Waals surface area contributed by atoms with Crippen molar-refractivity contribution in [1.29, 1.82) is 0 Å². The minimum atomic E-state index is 0.154. The Hall–Kier alpha value is -0.370. The normalized spacial score (nSPS) is 10.8. The fraction of sp³-hybridized carbons (Fsp3) is 0.455. The van der Waals surface area contributed by atoms with Gasteiger partial charge in [0.25, 0.3) is 0 Å². The second-order valence-corrected chi connectivity index (χ2v) is 4.60. The number of aliphatic hydroxyl groups excluding tert-OH is 1. The molecule has 0 fully saturated rings. The van der Waals surface area contributed by atoms with E-state index in [4.69, 9.17) is 9.84 Å². The van der Waals surface area contributed by atoms with Crippen molar-refractivity contribution in [3.63, 3.8) is 0 Å². The zero-order valence-corrected chi connectivity index (χ0v) is 11.5. The third-order valence-corrected chi connectivity index (χ3v) is 2.72. The Morgan fingerprint density at radius 2 is 2.06 bits per heavy atom. The molecule has 0 amide bonds. The summed E-state index contributed by atoms with van der Waals surface area (Å²) in [6, 6.07) is 7.95. The first-order valence-corrected chi connectivity index (χ1v) is 6.24. The number of benzene rings is 1. The molecule has 1 aromatic rings. The maximum atomic E-state index is 8.68. The zero-order valence-electron chi connectivity index (χ0n) is 9.32. The number of aliphatic hydroxyl groups is 1. The highest BCUT2D eigenvalue weighted by Crippen LogP contribution is 2.12. The van der Waals surface area contributed by atoms with Crippen LogP contribution in [-0.4, -0.2) is 43.5 Å². The van der Waals surface area contributed by atoms with Crippen molar-refractivity contribution in [3.8, 4) is 5.75 Å². The van der Waals surface area contributed by atoms with E-state index >= 15 is 0 Å². The van der Waals surface area contributed by atoms with E-state index in [1.165, 1.54) is 3.57 Å². The van der Waals surface area contributed by atoms with Crippen LogP contribution in [0.3, 0.4) is 0 Å². The molecule has 0 saturated carbocycles. The summed E-state index contributed by atoms with van der Waals surface area (Å²) in [5.74, 6) is 0.882. The average Bonchev–Trinajstić information content (AvgIpc) is 2.27. The summed E-state index contributed by atoms with van der Waals surface area (Å²) in [5, 5.41) is 10.5. The van der Waals surface area contributed by atoms with Gasteiger partial charge in [0.15, 0.2) is 0 Å². The van der Waals surface area contributed by atoms with Crippen molar-refractivity contribution < 1.29 is 9.84 Å². The predicted octanol–water partition coefficient (Wildman–Crippen LogP) is 1.10. The van der Waals surface area contributed by atoms with E-state index in [-0.39, 0.29) is 6.61 Å². The lowest BCUT2D eigenvalue weighted by atomic mass is 10.3. The molecule has 1 aromatic carbocycles. The van der Waals surface area contributed by atoms with Crippen LogP contribution in [0.4, 0.5) is 0 Å². The van der Waals surface area contributed by atoms with Gasteiger partial charge in [0.1, 0.15) is 12.4 Å². The summed E-state index contributed by atoms with van der Waals surface area (Å²) in [5.41, 5.74) is 3.11. The zero-order chi connectivity index (χ0) is 11.8. The summed E-state index contributed by atoms with van der Waals surface area (Å²) < 4.78 is 6.73. The lowest BCUT2D eigenvalue weighted by molar-refractivity contribution is 0.162. The van der Waals surface area contributed by atoms with E-state index in [1.807, 2.05) is 36.3 Å². The molecule has 0 spiro atoms. The summed E-state index contributed by atoms with van der Waals surface area (Å²) in [6.07, 6.45) is 0. The molecule has 0 aliphatic carbocycles. The monoisotopic (exact) mass is 336 g/mol. The smallest absolute Gasteiger partial charge is 0.119 e. The van der Waals surface area contributed by atoms with Crippen LogP contribution in [0.1, 0.15) is 0 Å². The Kier molecular flexibility index (Phi) is 6.70. The highest BCUT2D eigenvalue weighted by atomic mass is 127. The molecule has 90 valence electrons. The number of hydrogen-bond acceptors (Lipinski definition) is 4. The molecule has 1 rings (SSSR count). The summed E-state index contributed by atoms with van der Waals surface area (Å²) in [6.45, 7) is 2.10. The Labute approximate surface area is 110 Å². The molecular formula is C11H17IN2O2. The van der Waals surface area contributed by atoms with Gasteiger partial charge in [-0.3, -0.25) is 5.43 Å². The van der Waals surface area contributed by atoms with Gasteiger partial charge in [0.05, 0.1) is 6.61 Å². The van der Waals surface area contributed by atoms with Crippen LogP contribution in [0.5, 0.6) is 5.75 Å². The van der Waals surface area contributed by atoms with Crippen LogP contribution in [0, 0.1) is 3.57 Å². The maximum absolute atomic E-state index is 8.68. The van der Waals surface area contributed by atoms with Crippen molar-refractivity contribution in [1.82, 2.24) is 10.4 Å². The number of ether oxygens (including phenoxy) is 1. The molecule has 5 heteroatoms. The molecule has 16 heavy (non-hydrogen) atoms. The molecule has 0 bridgehead atoms. The fourth-order valence-electron chi connectivity index (χ4n) is 1.17. The SMILES string of the molecule is CN(CCO)NCCOc1ccc(I)cc1. The van der Waals surface area contributed by atoms with Crippen LogP contribution in [0.2, 0.25) is 0 Å².